The van der Waals surface area contributed by atoms with Gasteiger partial charge in [-0.2, -0.15) is 0 Å². The van der Waals surface area contributed by atoms with Gasteiger partial charge >= 0.3 is 0 Å². The minimum Gasteiger partial charge on any atom is -0.316 e. The molecular weight excluding hydrogens is 299 g/mol. The predicted molar refractivity (Wildman–Crippen MR) is 83.6 cm³/mol. The highest BCUT2D eigenvalue weighted by molar-refractivity contribution is 5.53. The second-order valence-electron chi connectivity index (χ2n) is 6.45. The molecule has 0 radical (unpaired) electrons. The quantitative estimate of drug-likeness (QED) is 0.843. The van der Waals surface area contributed by atoms with E-state index in [1.165, 1.54) is 18.2 Å². The molecule has 2 aliphatic rings. The Morgan fingerprint density at radius 1 is 1.00 bits per heavy atom. The molecule has 0 amide bonds. The number of alkyl halides is 2. The Bertz CT molecular complexity index is 754. The first-order valence-electron chi connectivity index (χ1n) is 8.04. The summed E-state index contributed by atoms with van der Waals surface area (Å²) in [5.74, 6) is -4.37. The lowest BCUT2D eigenvalue weighted by molar-refractivity contribution is -0.00377. The minimum absolute atomic E-state index is 0.260. The summed E-state index contributed by atoms with van der Waals surface area (Å²) in [5, 5.41) is 3.32. The van der Waals surface area contributed by atoms with Crippen molar-refractivity contribution < 1.29 is 13.2 Å². The van der Waals surface area contributed by atoms with Crippen LogP contribution in [0.2, 0.25) is 0 Å². The zero-order valence-electron chi connectivity index (χ0n) is 12.7. The van der Waals surface area contributed by atoms with Gasteiger partial charge in [-0.25, -0.2) is 13.2 Å². The maximum Gasteiger partial charge on any atom is 0.262 e. The van der Waals surface area contributed by atoms with Crippen LogP contribution in [-0.2, 0) is 19.3 Å². The number of hydrogen-bond acceptors (Lipinski definition) is 1. The van der Waals surface area contributed by atoms with E-state index in [0.29, 0.717) is 11.1 Å². The summed E-state index contributed by atoms with van der Waals surface area (Å²) in [6, 6.07) is 9.51. The molecule has 0 saturated heterocycles. The van der Waals surface area contributed by atoms with Gasteiger partial charge in [0.05, 0.1) is 5.92 Å². The standard InChI is InChI=1S/C19H18F3N/c20-15-3-1-2-13(10-15)18-17-14(11-19(18,21)22)5-4-12-6-8-23-9-7-16(12)17/h1-5,10,18,23H,6-9,11H2. The summed E-state index contributed by atoms with van der Waals surface area (Å²) in [4.78, 5) is 0. The monoisotopic (exact) mass is 317 g/mol. The number of nitrogens with one attached hydrogen (secondary N) is 1. The van der Waals surface area contributed by atoms with E-state index in [2.05, 4.69) is 5.32 Å². The van der Waals surface area contributed by atoms with Gasteiger partial charge in [-0.1, -0.05) is 24.3 Å². The predicted octanol–water partition coefficient (Wildman–Crippen LogP) is 3.84. The van der Waals surface area contributed by atoms with Crippen LogP contribution >= 0.6 is 0 Å². The van der Waals surface area contributed by atoms with Crippen molar-refractivity contribution in [3.63, 3.8) is 0 Å². The average Bonchev–Trinajstić information content (AvgIpc) is 2.65. The summed E-state index contributed by atoms with van der Waals surface area (Å²) in [5.41, 5.74) is 4.01. The van der Waals surface area contributed by atoms with E-state index in [4.69, 9.17) is 0 Å². The molecule has 1 aliphatic heterocycles. The molecule has 1 heterocycles. The maximum atomic E-state index is 14.8. The molecule has 0 bridgehead atoms. The SMILES string of the molecule is Fc1cccc(C2c3c(ccc4c3CCNCC4)CC2(F)F)c1. The van der Waals surface area contributed by atoms with Crippen molar-refractivity contribution in [1.29, 1.82) is 0 Å². The van der Waals surface area contributed by atoms with Crippen molar-refractivity contribution in [2.24, 2.45) is 0 Å². The van der Waals surface area contributed by atoms with Gasteiger partial charge in [0.1, 0.15) is 5.82 Å². The molecule has 1 N–H and O–H groups in total. The van der Waals surface area contributed by atoms with Crippen molar-refractivity contribution in [3.8, 4) is 0 Å². The van der Waals surface area contributed by atoms with Crippen LogP contribution in [0.1, 0.15) is 33.7 Å². The van der Waals surface area contributed by atoms with Gasteiger partial charge in [-0.05, 0) is 65.9 Å². The normalized spacial score (nSPS) is 22.3. The van der Waals surface area contributed by atoms with E-state index in [9.17, 15) is 13.2 Å². The molecule has 1 nitrogen and oxygen atoms in total. The van der Waals surface area contributed by atoms with Crippen molar-refractivity contribution in [2.45, 2.75) is 31.1 Å². The lowest BCUT2D eigenvalue weighted by Crippen LogP contribution is -2.24. The number of benzene rings is 2. The lowest BCUT2D eigenvalue weighted by atomic mass is 9.85. The number of hydrogen-bond donors (Lipinski definition) is 1. The first kappa shape index (κ1) is 14.8. The fraction of sp³-hybridized carbons (Fsp3) is 0.368. The van der Waals surface area contributed by atoms with Crippen LogP contribution in [0, 0.1) is 5.82 Å². The largest absolute Gasteiger partial charge is 0.316 e. The van der Waals surface area contributed by atoms with E-state index in [-0.39, 0.29) is 6.42 Å². The van der Waals surface area contributed by atoms with Crippen LogP contribution in [0.4, 0.5) is 13.2 Å². The average molecular weight is 317 g/mol. The summed E-state index contributed by atoms with van der Waals surface area (Å²) in [6.45, 7) is 1.66. The molecule has 1 atom stereocenters. The molecule has 0 spiro atoms. The second kappa shape index (κ2) is 5.38. The van der Waals surface area contributed by atoms with Crippen molar-refractivity contribution in [1.82, 2.24) is 5.32 Å². The van der Waals surface area contributed by atoms with Crippen molar-refractivity contribution in [2.75, 3.05) is 13.1 Å². The van der Waals surface area contributed by atoms with Crippen molar-refractivity contribution in [3.05, 3.63) is 70.0 Å². The van der Waals surface area contributed by atoms with Gasteiger partial charge in [0, 0.05) is 6.42 Å². The van der Waals surface area contributed by atoms with Gasteiger partial charge in [0.15, 0.2) is 0 Å². The van der Waals surface area contributed by atoms with Crippen LogP contribution < -0.4 is 5.32 Å². The number of fused-ring (bicyclic) bond motifs is 3. The van der Waals surface area contributed by atoms with E-state index in [1.54, 1.807) is 6.07 Å². The minimum atomic E-state index is -2.87. The Morgan fingerprint density at radius 2 is 1.78 bits per heavy atom. The zero-order chi connectivity index (χ0) is 16.0. The summed E-state index contributed by atoms with van der Waals surface area (Å²) < 4.78 is 43.1. The van der Waals surface area contributed by atoms with Gasteiger partial charge in [-0.3, -0.25) is 0 Å². The molecule has 2 aromatic carbocycles. The van der Waals surface area contributed by atoms with Crippen LogP contribution in [0.5, 0.6) is 0 Å². The second-order valence-corrected chi connectivity index (χ2v) is 6.45. The number of rotatable bonds is 1. The third-order valence-corrected chi connectivity index (χ3v) is 4.99. The lowest BCUT2D eigenvalue weighted by Gasteiger charge is -2.23. The highest BCUT2D eigenvalue weighted by atomic mass is 19.3. The molecule has 23 heavy (non-hydrogen) atoms. The Morgan fingerprint density at radius 3 is 2.61 bits per heavy atom. The summed E-state index contributed by atoms with van der Waals surface area (Å²) in [6.07, 6.45) is 1.34. The van der Waals surface area contributed by atoms with Crippen LogP contribution in [0.15, 0.2) is 36.4 Å². The Hall–Kier alpha value is -1.81. The van der Waals surface area contributed by atoms with Gasteiger partial charge < -0.3 is 5.32 Å². The highest BCUT2D eigenvalue weighted by Crippen LogP contribution is 2.50. The zero-order valence-corrected chi connectivity index (χ0v) is 12.7. The molecule has 1 aliphatic carbocycles. The van der Waals surface area contributed by atoms with Crippen LogP contribution in [0.3, 0.4) is 0 Å². The number of halogens is 3. The fourth-order valence-electron chi connectivity index (χ4n) is 4.03. The van der Waals surface area contributed by atoms with Gasteiger partial charge in [0.2, 0.25) is 0 Å². The first-order chi connectivity index (χ1) is 11.1. The topological polar surface area (TPSA) is 12.0 Å². The highest BCUT2D eigenvalue weighted by Gasteiger charge is 2.49. The molecule has 1 unspecified atom stereocenters. The smallest absolute Gasteiger partial charge is 0.262 e. The molecule has 4 rings (SSSR count). The Labute approximate surface area is 133 Å². The Kier molecular flexibility index (Phi) is 3.45. The van der Waals surface area contributed by atoms with E-state index in [0.717, 1.165) is 42.6 Å². The van der Waals surface area contributed by atoms with Crippen LogP contribution in [-0.4, -0.2) is 19.0 Å². The molecule has 0 aromatic heterocycles. The third kappa shape index (κ3) is 2.45. The maximum absolute atomic E-state index is 14.8. The molecule has 0 fully saturated rings. The van der Waals surface area contributed by atoms with E-state index in [1.807, 2.05) is 12.1 Å². The molecule has 0 saturated carbocycles. The van der Waals surface area contributed by atoms with Crippen molar-refractivity contribution >= 4 is 0 Å². The summed E-state index contributed by atoms with van der Waals surface area (Å²) in [7, 11) is 0. The first-order valence-corrected chi connectivity index (χ1v) is 8.04. The van der Waals surface area contributed by atoms with Gasteiger partial charge in [-0.15, -0.1) is 0 Å². The van der Waals surface area contributed by atoms with Gasteiger partial charge in [0.25, 0.3) is 5.92 Å². The van der Waals surface area contributed by atoms with E-state index < -0.39 is 17.7 Å². The summed E-state index contributed by atoms with van der Waals surface area (Å²) >= 11 is 0. The molecular formula is C19H18F3N. The molecule has 2 aromatic rings. The molecule has 4 heteroatoms. The third-order valence-electron chi connectivity index (χ3n) is 4.99. The van der Waals surface area contributed by atoms with Crippen LogP contribution in [0.25, 0.3) is 0 Å². The fourth-order valence-corrected chi connectivity index (χ4v) is 4.03. The Balaban J connectivity index is 1.91. The van der Waals surface area contributed by atoms with E-state index >= 15 is 0 Å². The molecule has 120 valence electrons.